The lowest BCUT2D eigenvalue weighted by Gasteiger charge is -2.28. The van der Waals surface area contributed by atoms with Gasteiger partial charge in [-0.2, -0.15) is 0 Å². The number of nitrogens with zero attached hydrogens (tertiary/aromatic N) is 2. The Labute approximate surface area is 179 Å². The van der Waals surface area contributed by atoms with Crippen molar-refractivity contribution in [1.29, 1.82) is 0 Å². The molecule has 2 aromatic carbocycles. The maximum Gasteiger partial charge on any atom is 0.189 e. The van der Waals surface area contributed by atoms with E-state index in [-0.39, 0.29) is 17.9 Å². The van der Waals surface area contributed by atoms with E-state index in [9.17, 15) is 4.39 Å². The summed E-state index contributed by atoms with van der Waals surface area (Å²) >= 11 is 5.88. The van der Waals surface area contributed by atoms with E-state index in [0.29, 0.717) is 23.3 Å². The second-order valence-electron chi connectivity index (χ2n) is 7.35. The molecule has 0 bridgehead atoms. The highest BCUT2D eigenvalue weighted by molar-refractivity contribution is 6.31. The van der Waals surface area contributed by atoms with Gasteiger partial charge in [-0.05, 0) is 69.1 Å². The molecule has 2 N–H and O–H groups in total. The molecule has 0 atom stereocenters. The number of anilines is 2. The molecular formula is C22H24ClFN4O2. The summed E-state index contributed by atoms with van der Waals surface area (Å²) in [6.45, 7) is 0.199. The van der Waals surface area contributed by atoms with Crippen LogP contribution in [0.1, 0.15) is 25.7 Å². The van der Waals surface area contributed by atoms with Crippen molar-refractivity contribution in [3.63, 3.8) is 0 Å². The van der Waals surface area contributed by atoms with Crippen molar-refractivity contribution in [3.05, 3.63) is 53.6 Å². The first-order valence-corrected chi connectivity index (χ1v) is 10.4. The van der Waals surface area contributed by atoms with Gasteiger partial charge in [-0.3, -0.25) is 0 Å². The summed E-state index contributed by atoms with van der Waals surface area (Å²) in [4.78, 5) is 8.61. The molecule has 0 unspecified atom stereocenters. The first-order chi connectivity index (χ1) is 14.6. The molecule has 4 rings (SSSR count). The highest BCUT2D eigenvalue weighted by Gasteiger charge is 2.20. The normalized spacial score (nSPS) is 19.0. The fourth-order valence-electron chi connectivity index (χ4n) is 3.65. The lowest BCUT2D eigenvalue weighted by molar-refractivity contribution is -0.0522. The largest absolute Gasteiger partial charge is 0.468 e. The zero-order valence-corrected chi connectivity index (χ0v) is 17.5. The van der Waals surface area contributed by atoms with Crippen LogP contribution in [0.2, 0.25) is 5.02 Å². The molecule has 8 heteroatoms. The van der Waals surface area contributed by atoms with E-state index in [1.165, 1.54) is 18.5 Å². The quantitative estimate of drug-likeness (QED) is 0.511. The average Bonchev–Trinajstić information content (AvgIpc) is 2.77. The Morgan fingerprint density at radius 1 is 1.10 bits per heavy atom. The Morgan fingerprint density at radius 3 is 2.70 bits per heavy atom. The minimum atomic E-state index is -0.468. The molecular weight excluding hydrogens is 407 g/mol. The predicted octanol–water partition coefficient (Wildman–Crippen LogP) is 5.05. The Hall–Kier alpha value is -2.48. The average molecular weight is 431 g/mol. The molecule has 1 saturated carbocycles. The van der Waals surface area contributed by atoms with Crippen molar-refractivity contribution in [1.82, 2.24) is 15.3 Å². The van der Waals surface area contributed by atoms with Crippen LogP contribution in [0.3, 0.4) is 0 Å². The summed E-state index contributed by atoms with van der Waals surface area (Å²) in [5.74, 6) is 0.783. The summed E-state index contributed by atoms with van der Waals surface area (Å²) in [5.41, 5.74) is 1.40. The minimum absolute atomic E-state index is 0.0447. The number of fused-ring (bicyclic) bond motifs is 1. The van der Waals surface area contributed by atoms with E-state index in [4.69, 9.17) is 21.1 Å². The Kier molecular flexibility index (Phi) is 6.62. The minimum Gasteiger partial charge on any atom is -0.468 e. The number of nitrogens with one attached hydrogen (secondary N) is 2. The van der Waals surface area contributed by atoms with Crippen LogP contribution in [0.25, 0.3) is 10.9 Å². The number of hydrogen-bond acceptors (Lipinski definition) is 6. The van der Waals surface area contributed by atoms with Crippen molar-refractivity contribution in [2.45, 2.75) is 37.8 Å². The molecule has 1 aliphatic rings. The van der Waals surface area contributed by atoms with Gasteiger partial charge in [0.05, 0.1) is 16.6 Å². The second kappa shape index (κ2) is 9.55. The molecule has 6 nitrogen and oxygen atoms in total. The van der Waals surface area contributed by atoms with Gasteiger partial charge < -0.3 is 20.1 Å². The second-order valence-corrected chi connectivity index (χ2v) is 7.75. The van der Waals surface area contributed by atoms with E-state index in [0.717, 1.165) is 36.6 Å². The third-order valence-corrected chi connectivity index (χ3v) is 5.69. The first kappa shape index (κ1) is 20.8. The van der Waals surface area contributed by atoms with Gasteiger partial charge in [0.15, 0.2) is 6.79 Å². The standard InChI is InChI=1S/C22H24ClFN4O2/c1-25-14-2-5-16(6-3-14)29-13-30-17-7-9-21-18(11-17)22(27-12-26-21)28-15-4-8-20(24)19(23)10-15/h4,7-12,14,16,25H,2-3,5-6,13H2,1H3,(H,26,27,28)/t14-,16+. The monoisotopic (exact) mass is 430 g/mol. The molecule has 3 aromatic rings. The van der Waals surface area contributed by atoms with Crippen LogP contribution in [0.4, 0.5) is 15.9 Å². The van der Waals surface area contributed by atoms with Crippen LogP contribution in [0.15, 0.2) is 42.7 Å². The van der Waals surface area contributed by atoms with Gasteiger partial charge in [-0.15, -0.1) is 0 Å². The van der Waals surface area contributed by atoms with Gasteiger partial charge in [0.1, 0.15) is 23.7 Å². The highest BCUT2D eigenvalue weighted by Crippen LogP contribution is 2.28. The van der Waals surface area contributed by atoms with E-state index < -0.39 is 5.82 Å². The number of rotatable bonds is 7. The van der Waals surface area contributed by atoms with E-state index in [2.05, 4.69) is 20.6 Å². The number of benzene rings is 2. The summed E-state index contributed by atoms with van der Waals surface area (Å²) in [7, 11) is 2.01. The van der Waals surface area contributed by atoms with Crippen molar-refractivity contribution >= 4 is 34.0 Å². The zero-order chi connectivity index (χ0) is 20.9. The number of halogens is 2. The van der Waals surface area contributed by atoms with Crippen LogP contribution in [-0.2, 0) is 4.74 Å². The first-order valence-electron chi connectivity index (χ1n) is 10.0. The molecule has 0 amide bonds. The maximum absolute atomic E-state index is 13.4. The fraction of sp³-hybridized carbons (Fsp3) is 0.364. The molecule has 1 fully saturated rings. The van der Waals surface area contributed by atoms with Crippen molar-refractivity contribution in [2.75, 3.05) is 19.2 Å². The van der Waals surface area contributed by atoms with E-state index in [1.807, 2.05) is 25.2 Å². The van der Waals surface area contributed by atoms with Crippen molar-refractivity contribution < 1.29 is 13.9 Å². The van der Waals surface area contributed by atoms with Gasteiger partial charge in [0.25, 0.3) is 0 Å². The lowest BCUT2D eigenvalue weighted by Crippen LogP contribution is -2.33. The summed E-state index contributed by atoms with van der Waals surface area (Å²) in [6, 6.07) is 10.6. The molecule has 30 heavy (non-hydrogen) atoms. The topological polar surface area (TPSA) is 68.3 Å². The van der Waals surface area contributed by atoms with Crippen LogP contribution in [0, 0.1) is 5.82 Å². The van der Waals surface area contributed by atoms with E-state index >= 15 is 0 Å². The van der Waals surface area contributed by atoms with Crippen LogP contribution < -0.4 is 15.4 Å². The van der Waals surface area contributed by atoms with Gasteiger partial charge in [0, 0.05) is 17.1 Å². The van der Waals surface area contributed by atoms with Gasteiger partial charge >= 0.3 is 0 Å². The lowest BCUT2D eigenvalue weighted by atomic mass is 9.93. The Morgan fingerprint density at radius 2 is 1.93 bits per heavy atom. The predicted molar refractivity (Wildman–Crippen MR) is 116 cm³/mol. The van der Waals surface area contributed by atoms with E-state index in [1.54, 1.807) is 6.07 Å². The van der Waals surface area contributed by atoms with Gasteiger partial charge in [-0.1, -0.05) is 11.6 Å². The summed E-state index contributed by atoms with van der Waals surface area (Å²) < 4.78 is 25.1. The maximum atomic E-state index is 13.4. The highest BCUT2D eigenvalue weighted by atomic mass is 35.5. The Balaban J connectivity index is 1.42. The molecule has 1 aromatic heterocycles. The number of aromatic nitrogens is 2. The molecule has 1 heterocycles. The third kappa shape index (κ3) is 4.98. The van der Waals surface area contributed by atoms with Crippen LogP contribution >= 0.6 is 11.6 Å². The molecule has 0 aliphatic heterocycles. The molecule has 0 radical (unpaired) electrons. The van der Waals surface area contributed by atoms with Crippen LogP contribution in [0.5, 0.6) is 5.75 Å². The smallest absolute Gasteiger partial charge is 0.189 e. The Bertz CT molecular complexity index is 1010. The van der Waals surface area contributed by atoms with Gasteiger partial charge in [-0.25, -0.2) is 14.4 Å². The van der Waals surface area contributed by atoms with Crippen molar-refractivity contribution in [3.8, 4) is 5.75 Å². The zero-order valence-electron chi connectivity index (χ0n) is 16.7. The van der Waals surface area contributed by atoms with Gasteiger partial charge in [0.2, 0.25) is 0 Å². The molecule has 0 spiro atoms. The van der Waals surface area contributed by atoms with Crippen LogP contribution in [-0.4, -0.2) is 36.0 Å². The third-order valence-electron chi connectivity index (χ3n) is 5.40. The van der Waals surface area contributed by atoms with Crippen molar-refractivity contribution in [2.24, 2.45) is 0 Å². The SMILES string of the molecule is CN[C@H]1CC[C@@H](OCOc2ccc3ncnc(Nc4ccc(F)c(Cl)c4)c3c2)CC1. The summed E-state index contributed by atoms with van der Waals surface area (Å²) in [6.07, 6.45) is 6.02. The summed E-state index contributed by atoms with van der Waals surface area (Å²) in [5, 5.41) is 7.31. The molecule has 158 valence electrons. The molecule has 1 aliphatic carbocycles. The number of hydrogen-bond donors (Lipinski definition) is 2. The number of ether oxygens (including phenoxy) is 2. The molecule has 0 saturated heterocycles. The fourth-order valence-corrected chi connectivity index (χ4v) is 3.83.